The van der Waals surface area contributed by atoms with Crippen LogP contribution in [0, 0.1) is 0 Å². The van der Waals surface area contributed by atoms with Gasteiger partial charge in [0.15, 0.2) is 0 Å². The van der Waals surface area contributed by atoms with Gasteiger partial charge in [-0.2, -0.15) is 30.7 Å². The highest BCUT2D eigenvalue weighted by molar-refractivity contribution is 4.84. The van der Waals surface area contributed by atoms with E-state index >= 15 is 0 Å². The lowest BCUT2D eigenvalue weighted by atomic mass is 10.3. The highest BCUT2D eigenvalue weighted by Gasteiger charge is 2.74. The summed E-state index contributed by atoms with van der Waals surface area (Å²) in [5.41, 5.74) is 0. The first kappa shape index (κ1) is 11.5. The van der Waals surface area contributed by atoms with E-state index in [9.17, 15) is 30.7 Å². The summed E-state index contributed by atoms with van der Waals surface area (Å²) in [6.45, 7) is 0. The largest absolute Gasteiger partial charge is 0.458 e. The molecule has 0 heterocycles. The molecule has 0 aliphatic rings. The van der Waals surface area contributed by atoms with Crippen molar-refractivity contribution in [1.82, 2.24) is 0 Å². The summed E-state index contributed by atoms with van der Waals surface area (Å²) in [7, 11) is -0.0129. The van der Waals surface area contributed by atoms with Gasteiger partial charge in [-0.15, -0.1) is 0 Å². The first-order valence-corrected chi connectivity index (χ1v) is 2.44. The van der Waals surface area contributed by atoms with Gasteiger partial charge in [-0.25, -0.2) is 0 Å². The minimum atomic E-state index is -6.12. The fourth-order valence-corrected chi connectivity index (χ4v) is 0.392. The van der Waals surface area contributed by atoms with Gasteiger partial charge in [0.25, 0.3) is 0 Å². The first-order valence-electron chi connectivity index (χ1n) is 2.44. The second kappa shape index (κ2) is 2.75. The van der Waals surface area contributed by atoms with E-state index < -0.39 is 18.2 Å². The molecule has 0 radical (unpaired) electrons. The van der Waals surface area contributed by atoms with Crippen molar-refractivity contribution in [3.8, 4) is 0 Å². The van der Waals surface area contributed by atoms with Crippen LogP contribution in [0.3, 0.4) is 0 Å². The van der Waals surface area contributed by atoms with Gasteiger partial charge in [0.05, 0.1) is 0 Å². The maximum atomic E-state index is 12.1. The summed E-state index contributed by atoms with van der Waals surface area (Å²) in [6.07, 6.45) is -12.2. The van der Waals surface area contributed by atoms with Crippen LogP contribution in [-0.2, 0) is 4.74 Å². The van der Waals surface area contributed by atoms with E-state index in [1.54, 1.807) is 0 Å². The first-order chi connectivity index (χ1) is 5.06. The number of hydrogen-bond donors (Lipinski definition) is 0. The summed E-state index contributed by atoms with van der Waals surface area (Å²) in [4.78, 5) is 0. The van der Waals surface area contributed by atoms with Crippen LogP contribution in [-0.4, -0.2) is 25.3 Å². The molecule has 74 valence electrons. The molecule has 8 heteroatoms. The Morgan fingerprint density at radius 3 is 1.00 bits per heavy atom. The highest BCUT2D eigenvalue weighted by atomic mass is 19.4. The Balaban J connectivity index is 4.95. The van der Waals surface area contributed by atoms with E-state index in [0.29, 0.717) is 0 Å². The molecule has 0 unspecified atom stereocenters. The van der Waals surface area contributed by atoms with Crippen molar-refractivity contribution in [3.63, 3.8) is 0 Å². The molecule has 0 spiro atoms. The van der Waals surface area contributed by atoms with Gasteiger partial charge in [0.1, 0.15) is 0 Å². The molecule has 0 saturated carbocycles. The fourth-order valence-electron chi connectivity index (χ4n) is 0.392. The Bertz CT molecular complexity index is 142. The average molecular weight is 200 g/mol. The van der Waals surface area contributed by atoms with Crippen LogP contribution >= 0.6 is 0 Å². The second-order valence-electron chi connectivity index (χ2n) is 1.79. The van der Waals surface area contributed by atoms with Crippen LogP contribution in [0.15, 0.2) is 0 Å². The Hall–Kier alpha value is -0.530. The van der Waals surface area contributed by atoms with E-state index in [0.717, 1.165) is 0 Å². The zero-order valence-electron chi connectivity index (χ0n) is 5.55. The minimum Gasteiger partial charge on any atom is -0.335 e. The van der Waals surface area contributed by atoms with Gasteiger partial charge < -0.3 is 4.74 Å². The number of rotatable bonds is 1. The van der Waals surface area contributed by atoms with Crippen molar-refractivity contribution in [2.45, 2.75) is 18.2 Å². The standard InChI is InChI=1S/C4H3F7O/c1-12-2(5,3(6,7)8)4(9,10)11/h1H3. The van der Waals surface area contributed by atoms with Crippen molar-refractivity contribution < 1.29 is 35.5 Å². The summed E-state index contributed by atoms with van der Waals surface area (Å²) >= 11 is 0. The normalized spacial score (nSPS) is 15.0. The Morgan fingerprint density at radius 1 is 0.750 bits per heavy atom. The summed E-state index contributed by atoms with van der Waals surface area (Å²) < 4.78 is 83.1. The topological polar surface area (TPSA) is 9.23 Å². The van der Waals surface area contributed by atoms with E-state index in [1.807, 2.05) is 0 Å². The van der Waals surface area contributed by atoms with Gasteiger partial charge in [-0.1, -0.05) is 0 Å². The van der Waals surface area contributed by atoms with Gasteiger partial charge in [-0.05, 0) is 0 Å². The van der Waals surface area contributed by atoms with Gasteiger partial charge in [0.2, 0.25) is 0 Å². The molecule has 12 heavy (non-hydrogen) atoms. The molecule has 0 saturated heterocycles. The van der Waals surface area contributed by atoms with Crippen molar-refractivity contribution in [1.29, 1.82) is 0 Å². The fraction of sp³-hybridized carbons (Fsp3) is 1.00. The summed E-state index contributed by atoms with van der Waals surface area (Å²) in [6, 6.07) is 0. The smallest absolute Gasteiger partial charge is 0.335 e. The molecule has 0 atom stereocenters. The Kier molecular flexibility index (Phi) is 2.63. The van der Waals surface area contributed by atoms with Crippen molar-refractivity contribution in [2.75, 3.05) is 7.11 Å². The number of ether oxygens (including phenoxy) is 1. The van der Waals surface area contributed by atoms with Crippen LogP contribution in [0.2, 0.25) is 0 Å². The van der Waals surface area contributed by atoms with E-state index in [2.05, 4.69) is 4.74 Å². The van der Waals surface area contributed by atoms with E-state index in [4.69, 9.17) is 0 Å². The number of halogens is 7. The van der Waals surface area contributed by atoms with Crippen molar-refractivity contribution in [3.05, 3.63) is 0 Å². The third-order valence-corrected chi connectivity index (χ3v) is 1.01. The van der Waals surface area contributed by atoms with Crippen LogP contribution in [0.25, 0.3) is 0 Å². The molecule has 0 N–H and O–H groups in total. The SMILES string of the molecule is COC(F)(C(F)(F)F)C(F)(F)F. The third kappa shape index (κ3) is 1.62. The quantitative estimate of drug-likeness (QED) is 0.590. The van der Waals surface area contributed by atoms with Gasteiger partial charge >= 0.3 is 18.2 Å². The predicted octanol–water partition coefficient (Wildman–Crippen LogP) is 2.42. The summed E-state index contributed by atoms with van der Waals surface area (Å²) in [5, 5.41) is 0. The maximum Gasteiger partial charge on any atom is 0.458 e. The van der Waals surface area contributed by atoms with Crippen LogP contribution in [0.1, 0.15) is 0 Å². The molecule has 0 rings (SSSR count). The van der Waals surface area contributed by atoms with Crippen LogP contribution in [0.5, 0.6) is 0 Å². The van der Waals surface area contributed by atoms with Crippen molar-refractivity contribution in [2.24, 2.45) is 0 Å². The zero-order chi connectivity index (χ0) is 10.2. The molecular weight excluding hydrogens is 197 g/mol. The molecular formula is C4H3F7O. The molecule has 0 bridgehead atoms. The van der Waals surface area contributed by atoms with Crippen LogP contribution < -0.4 is 0 Å². The molecule has 0 aromatic rings. The molecule has 1 nitrogen and oxygen atoms in total. The van der Waals surface area contributed by atoms with E-state index in [-0.39, 0.29) is 7.11 Å². The lowest BCUT2D eigenvalue weighted by Gasteiger charge is -2.27. The molecule has 0 aliphatic carbocycles. The lowest BCUT2D eigenvalue weighted by molar-refractivity contribution is -0.424. The molecule has 0 aromatic heterocycles. The molecule has 0 fully saturated rings. The second-order valence-corrected chi connectivity index (χ2v) is 1.79. The number of hydrogen-bond acceptors (Lipinski definition) is 1. The molecule has 0 amide bonds. The zero-order valence-corrected chi connectivity index (χ0v) is 5.55. The lowest BCUT2D eigenvalue weighted by Crippen LogP contribution is -2.54. The Labute approximate surface area is 62.1 Å². The van der Waals surface area contributed by atoms with Gasteiger partial charge in [-0.3, -0.25) is 0 Å². The van der Waals surface area contributed by atoms with Gasteiger partial charge in [0, 0.05) is 7.11 Å². The van der Waals surface area contributed by atoms with Crippen LogP contribution in [0.4, 0.5) is 30.7 Å². The monoisotopic (exact) mass is 200 g/mol. The Morgan fingerprint density at radius 2 is 1.00 bits per heavy atom. The maximum absolute atomic E-state index is 12.1. The number of alkyl halides is 7. The number of methoxy groups -OCH3 is 1. The minimum absolute atomic E-state index is 0.0129. The average Bonchev–Trinajstić information content (AvgIpc) is 1.81. The summed E-state index contributed by atoms with van der Waals surface area (Å²) in [5.74, 6) is -5.58. The van der Waals surface area contributed by atoms with Crippen molar-refractivity contribution >= 4 is 0 Å². The molecule has 0 aliphatic heterocycles. The van der Waals surface area contributed by atoms with E-state index in [1.165, 1.54) is 0 Å². The highest BCUT2D eigenvalue weighted by Crippen LogP contribution is 2.46. The molecule has 0 aromatic carbocycles. The third-order valence-electron chi connectivity index (χ3n) is 1.01. The predicted molar refractivity (Wildman–Crippen MR) is 23.0 cm³/mol.